The Labute approximate surface area is 103 Å². The van der Waals surface area contributed by atoms with Crippen LogP contribution < -0.4 is 0 Å². The second-order valence-corrected chi connectivity index (χ2v) is 5.56. The minimum atomic E-state index is -0.234. The predicted octanol–water partition coefficient (Wildman–Crippen LogP) is 3.56. The van der Waals surface area contributed by atoms with E-state index < -0.39 is 0 Å². The average molecular weight is 232 g/mol. The van der Waals surface area contributed by atoms with Crippen LogP contribution in [0.3, 0.4) is 0 Å². The summed E-state index contributed by atoms with van der Waals surface area (Å²) in [5, 5.41) is 0. The van der Waals surface area contributed by atoms with Crippen LogP contribution in [0.5, 0.6) is 0 Å². The number of ether oxygens (including phenoxy) is 1. The summed E-state index contributed by atoms with van der Waals surface area (Å²) in [5.41, 5.74) is 0.919. The van der Waals surface area contributed by atoms with Gasteiger partial charge in [-0.25, -0.2) is 0 Å². The predicted molar refractivity (Wildman–Crippen MR) is 67.4 cm³/mol. The molecule has 0 spiro atoms. The lowest BCUT2D eigenvalue weighted by atomic mass is 9.93. The molecule has 1 atom stereocenters. The number of hydrogen-bond donors (Lipinski definition) is 0. The molecule has 0 N–H and O–H groups in total. The van der Waals surface area contributed by atoms with E-state index in [0.29, 0.717) is 6.61 Å². The number of esters is 1. The number of carbonyl (C=O) groups is 1. The van der Waals surface area contributed by atoms with Gasteiger partial charge in [-0.1, -0.05) is 51.1 Å². The molecule has 92 valence electrons. The Kier molecular flexibility index (Phi) is 2.98. The molecule has 2 nitrogen and oxygen atoms in total. The maximum Gasteiger partial charge on any atom is 0.312 e. The fourth-order valence-electron chi connectivity index (χ4n) is 2.67. The highest BCUT2D eigenvalue weighted by Gasteiger charge is 2.65. The molecular formula is C15H20O2. The van der Waals surface area contributed by atoms with Gasteiger partial charge >= 0.3 is 5.97 Å². The van der Waals surface area contributed by atoms with Crippen molar-refractivity contribution in [3.05, 3.63) is 35.9 Å². The van der Waals surface area contributed by atoms with Crippen molar-refractivity contribution < 1.29 is 9.53 Å². The van der Waals surface area contributed by atoms with E-state index in [1.54, 1.807) is 0 Å². The van der Waals surface area contributed by atoms with Gasteiger partial charge in [0.25, 0.3) is 0 Å². The van der Waals surface area contributed by atoms with Crippen molar-refractivity contribution >= 4 is 5.97 Å². The van der Waals surface area contributed by atoms with Gasteiger partial charge < -0.3 is 4.74 Å². The van der Waals surface area contributed by atoms with E-state index in [4.69, 9.17) is 4.74 Å². The molecule has 1 aromatic rings. The van der Waals surface area contributed by atoms with Crippen LogP contribution >= 0.6 is 0 Å². The van der Waals surface area contributed by atoms with E-state index in [0.717, 1.165) is 18.4 Å². The molecule has 1 aromatic carbocycles. The Morgan fingerprint density at radius 1 is 1.29 bits per heavy atom. The summed E-state index contributed by atoms with van der Waals surface area (Å²) in [7, 11) is 0. The number of benzene rings is 1. The van der Waals surface area contributed by atoms with Crippen molar-refractivity contribution in [3.63, 3.8) is 0 Å². The van der Waals surface area contributed by atoms with E-state index in [1.165, 1.54) is 0 Å². The topological polar surface area (TPSA) is 26.3 Å². The molecule has 0 saturated heterocycles. The summed E-state index contributed by atoms with van der Waals surface area (Å²) in [5.74, 6) is -0.0335. The highest BCUT2D eigenvalue weighted by molar-refractivity contribution is 5.81. The highest BCUT2D eigenvalue weighted by atomic mass is 16.5. The number of rotatable bonds is 4. The molecule has 0 aliphatic heterocycles. The largest absolute Gasteiger partial charge is 0.460 e. The monoisotopic (exact) mass is 232 g/mol. The van der Waals surface area contributed by atoms with Crippen LogP contribution in [-0.4, -0.2) is 5.97 Å². The van der Waals surface area contributed by atoms with Crippen LogP contribution in [0.4, 0.5) is 0 Å². The van der Waals surface area contributed by atoms with Crippen molar-refractivity contribution in [3.8, 4) is 0 Å². The Hall–Kier alpha value is -1.31. The molecule has 2 heteroatoms. The first kappa shape index (κ1) is 12.2. The molecule has 17 heavy (non-hydrogen) atoms. The van der Waals surface area contributed by atoms with E-state index in [2.05, 4.69) is 20.8 Å². The molecular weight excluding hydrogens is 212 g/mol. The van der Waals surface area contributed by atoms with Crippen molar-refractivity contribution in [2.45, 2.75) is 40.2 Å². The molecule has 0 bridgehead atoms. The SMILES string of the molecule is CCC1(C(=O)OCc2ccccc2)CC1(C)C. The third kappa shape index (κ3) is 2.08. The number of carbonyl (C=O) groups excluding carboxylic acids is 1. The third-order valence-corrected chi connectivity index (χ3v) is 4.12. The highest BCUT2D eigenvalue weighted by Crippen LogP contribution is 2.66. The van der Waals surface area contributed by atoms with Gasteiger partial charge in [0.2, 0.25) is 0 Å². The maximum atomic E-state index is 12.1. The molecule has 1 aliphatic rings. The zero-order valence-electron chi connectivity index (χ0n) is 10.8. The lowest BCUT2D eigenvalue weighted by Crippen LogP contribution is -2.23. The van der Waals surface area contributed by atoms with Crippen LogP contribution in [0.1, 0.15) is 39.2 Å². The first-order chi connectivity index (χ1) is 8.02. The number of hydrogen-bond acceptors (Lipinski definition) is 2. The van der Waals surface area contributed by atoms with Crippen molar-refractivity contribution in [2.24, 2.45) is 10.8 Å². The zero-order chi connectivity index (χ0) is 12.5. The van der Waals surface area contributed by atoms with Crippen molar-refractivity contribution in [2.75, 3.05) is 0 Å². The standard InChI is InChI=1S/C15H20O2/c1-4-15(11-14(15,2)3)13(16)17-10-12-8-6-5-7-9-12/h5-9H,4,10-11H2,1-3H3. The van der Waals surface area contributed by atoms with Gasteiger partial charge in [0.05, 0.1) is 5.41 Å². The second-order valence-electron chi connectivity index (χ2n) is 5.56. The van der Waals surface area contributed by atoms with Gasteiger partial charge in [0.1, 0.15) is 6.61 Å². The Balaban J connectivity index is 1.95. The molecule has 0 amide bonds. The fraction of sp³-hybridized carbons (Fsp3) is 0.533. The average Bonchev–Trinajstić information content (AvgIpc) is 2.91. The quantitative estimate of drug-likeness (QED) is 0.742. The van der Waals surface area contributed by atoms with Gasteiger partial charge in [-0.15, -0.1) is 0 Å². The van der Waals surface area contributed by atoms with Crippen molar-refractivity contribution in [1.29, 1.82) is 0 Å². The lowest BCUT2D eigenvalue weighted by Gasteiger charge is -2.17. The van der Waals surface area contributed by atoms with Crippen LogP contribution in [0, 0.1) is 10.8 Å². The fourth-order valence-corrected chi connectivity index (χ4v) is 2.67. The summed E-state index contributed by atoms with van der Waals surface area (Å²) in [4.78, 5) is 12.1. The Morgan fingerprint density at radius 2 is 1.88 bits per heavy atom. The second kappa shape index (κ2) is 4.17. The summed E-state index contributed by atoms with van der Waals surface area (Å²) in [6.07, 6.45) is 1.82. The van der Waals surface area contributed by atoms with Gasteiger partial charge in [0.15, 0.2) is 0 Å². The minimum Gasteiger partial charge on any atom is -0.460 e. The van der Waals surface area contributed by atoms with Gasteiger partial charge in [-0.05, 0) is 23.8 Å². The molecule has 0 heterocycles. The summed E-state index contributed by atoms with van der Waals surface area (Å²) >= 11 is 0. The summed E-state index contributed by atoms with van der Waals surface area (Å²) in [6.45, 7) is 6.73. The molecule has 1 saturated carbocycles. The van der Waals surface area contributed by atoms with Crippen LogP contribution in [0.25, 0.3) is 0 Å². The van der Waals surface area contributed by atoms with Crippen LogP contribution in [0.15, 0.2) is 30.3 Å². The molecule has 0 radical (unpaired) electrons. The first-order valence-electron chi connectivity index (χ1n) is 6.23. The molecule has 1 fully saturated rings. The van der Waals surface area contributed by atoms with E-state index in [-0.39, 0.29) is 16.8 Å². The van der Waals surface area contributed by atoms with Crippen LogP contribution in [0.2, 0.25) is 0 Å². The summed E-state index contributed by atoms with van der Waals surface area (Å²) in [6, 6.07) is 9.83. The molecule has 1 unspecified atom stereocenters. The van der Waals surface area contributed by atoms with Gasteiger partial charge in [-0.3, -0.25) is 4.79 Å². The minimum absolute atomic E-state index is 0.0335. The molecule has 1 aliphatic carbocycles. The normalized spacial score (nSPS) is 25.4. The zero-order valence-corrected chi connectivity index (χ0v) is 10.8. The van der Waals surface area contributed by atoms with E-state index in [1.807, 2.05) is 30.3 Å². The van der Waals surface area contributed by atoms with Gasteiger partial charge in [-0.2, -0.15) is 0 Å². The van der Waals surface area contributed by atoms with E-state index in [9.17, 15) is 4.79 Å². The van der Waals surface area contributed by atoms with Gasteiger partial charge in [0, 0.05) is 0 Å². The summed E-state index contributed by atoms with van der Waals surface area (Å²) < 4.78 is 5.44. The molecule has 0 aromatic heterocycles. The smallest absolute Gasteiger partial charge is 0.312 e. The molecule has 2 rings (SSSR count). The lowest BCUT2D eigenvalue weighted by molar-refractivity contribution is -0.153. The first-order valence-corrected chi connectivity index (χ1v) is 6.23. The van der Waals surface area contributed by atoms with Crippen LogP contribution in [-0.2, 0) is 16.1 Å². The van der Waals surface area contributed by atoms with Crippen molar-refractivity contribution in [1.82, 2.24) is 0 Å². The third-order valence-electron chi connectivity index (χ3n) is 4.12. The van der Waals surface area contributed by atoms with E-state index >= 15 is 0 Å². The Morgan fingerprint density at radius 3 is 2.35 bits per heavy atom. The Bertz CT molecular complexity index is 408. The maximum absolute atomic E-state index is 12.1.